The molecule has 1 aliphatic rings. The highest BCUT2D eigenvalue weighted by Gasteiger charge is 2.46. The number of urea groups is 1. The number of carbonyl (C=O) groups excluding carboxylic acids is 2. The number of methoxy groups -OCH3 is 1. The maximum atomic E-state index is 12.7. The Labute approximate surface area is 152 Å². The SMILES string of the molecule is CC[C@H](C)[C@@H](C(=O)O)N1C(=O)NC(c2ccc(OCCOC)cc2)C1=O. The Balaban J connectivity index is 2.16. The van der Waals surface area contributed by atoms with Crippen molar-refractivity contribution in [3.8, 4) is 5.75 Å². The number of imide groups is 1. The van der Waals surface area contributed by atoms with E-state index in [2.05, 4.69) is 5.32 Å². The summed E-state index contributed by atoms with van der Waals surface area (Å²) in [6, 6.07) is 3.96. The van der Waals surface area contributed by atoms with Gasteiger partial charge in [-0.2, -0.15) is 0 Å². The Morgan fingerprint density at radius 3 is 2.46 bits per heavy atom. The lowest BCUT2D eigenvalue weighted by atomic mass is 9.97. The summed E-state index contributed by atoms with van der Waals surface area (Å²) in [4.78, 5) is 37.4. The number of nitrogens with one attached hydrogen (secondary N) is 1. The predicted octanol–water partition coefficient (Wildman–Crippen LogP) is 1.80. The zero-order chi connectivity index (χ0) is 19.3. The number of hydrogen-bond acceptors (Lipinski definition) is 5. The number of benzene rings is 1. The first-order chi connectivity index (χ1) is 12.4. The number of ether oxygens (including phenoxy) is 2. The molecule has 0 radical (unpaired) electrons. The van der Waals surface area contributed by atoms with Gasteiger partial charge in [0.2, 0.25) is 0 Å². The van der Waals surface area contributed by atoms with Gasteiger partial charge in [0, 0.05) is 7.11 Å². The largest absolute Gasteiger partial charge is 0.491 e. The second-order valence-electron chi connectivity index (χ2n) is 6.17. The summed E-state index contributed by atoms with van der Waals surface area (Å²) in [6.07, 6.45) is 0.534. The van der Waals surface area contributed by atoms with E-state index in [-0.39, 0.29) is 5.92 Å². The normalized spacial score (nSPS) is 19.2. The van der Waals surface area contributed by atoms with Gasteiger partial charge in [-0.1, -0.05) is 32.4 Å². The van der Waals surface area contributed by atoms with Crippen LogP contribution >= 0.6 is 0 Å². The molecule has 1 aromatic rings. The number of nitrogens with zero attached hydrogens (tertiary/aromatic N) is 1. The minimum atomic E-state index is -1.19. The molecule has 0 aromatic heterocycles. The minimum Gasteiger partial charge on any atom is -0.491 e. The number of aliphatic carboxylic acids is 1. The average molecular weight is 364 g/mol. The number of hydrogen-bond donors (Lipinski definition) is 2. The lowest BCUT2D eigenvalue weighted by Gasteiger charge is -2.26. The van der Waals surface area contributed by atoms with Gasteiger partial charge in [0.1, 0.15) is 24.4 Å². The lowest BCUT2D eigenvalue weighted by molar-refractivity contribution is -0.148. The molecule has 8 nitrogen and oxygen atoms in total. The molecular formula is C18H24N2O6. The van der Waals surface area contributed by atoms with Gasteiger partial charge >= 0.3 is 12.0 Å². The van der Waals surface area contributed by atoms with Crippen LogP contribution in [0.4, 0.5) is 4.79 Å². The van der Waals surface area contributed by atoms with E-state index >= 15 is 0 Å². The predicted molar refractivity (Wildman–Crippen MR) is 92.8 cm³/mol. The lowest BCUT2D eigenvalue weighted by Crippen LogP contribution is -2.48. The molecule has 1 aromatic carbocycles. The molecule has 8 heteroatoms. The smallest absolute Gasteiger partial charge is 0.327 e. The minimum absolute atomic E-state index is 0.350. The zero-order valence-corrected chi connectivity index (χ0v) is 15.1. The van der Waals surface area contributed by atoms with E-state index in [0.717, 1.165) is 4.90 Å². The van der Waals surface area contributed by atoms with Crippen molar-refractivity contribution in [3.63, 3.8) is 0 Å². The van der Waals surface area contributed by atoms with Crippen molar-refractivity contribution in [1.82, 2.24) is 10.2 Å². The van der Waals surface area contributed by atoms with Crippen molar-refractivity contribution in [1.29, 1.82) is 0 Å². The van der Waals surface area contributed by atoms with Gasteiger partial charge in [0.25, 0.3) is 5.91 Å². The van der Waals surface area contributed by atoms with Crippen LogP contribution in [0.2, 0.25) is 0 Å². The monoisotopic (exact) mass is 364 g/mol. The molecule has 2 rings (SSSR count). The van der Waals surface area contributed by atoms with Crippen LogP contribution in [0.3, 0.4) is 0 Å². The fourth-order valence-electron chi connectivity index (χ4n) is 2.81. The summed E-state index contributed by atoms with van der Waals surface area (Å²) >= 11 is 0. The molecule has 1 unspecified atom stereocenters. The average Bonchev–Trinajstić information content (AvgIpc) is 2.91. The van der Waals surface area contributed by atoms with Crippen LogP contribution in [0.25, 0.3) is 0 Å². The van der Waals surface area contributed by atoms with Crippen molar-refractivity contribution in [3.05, 3.63) is 29.8 Å². The number of rotatable bonds is 9. The first kappa shape index (κ1) is 19.7. The number of carbonyl (C=O) groups is 3. The quantitative estimate of drug-likeness (QED) is 0.511. The number of amides is 3. The Kier molecular flexibility index (Phi) is 6.57. The number of carboxylic acids is 1. The maximum absolute atomic E-state index is 12.7. The molecule has 0 spiro atoms. The van der Waals surface area contributed by atoms with E-state index in [1.165, 1.54) is 0 Å². The van der Waals surface area contributed by atoms with Gasteiger partial charge in [0.15, 0.2) is 0 Å². The first-order valence-corrected chi connectivity index (χ1v) is 8.48. The summed E-state index contributed by atoms with van der Waals surface area (Å²) in [5, 5.41) is 12.0. The molecule has 1 heterocycles. The molecule has 1 saturated heterocycles. The van der Waals surface area contributed by atoms with Gasteiger partial charge in [-0.25, -0.2) is 14.5 Å². The van der Waals surface area contributed by atoms with Crippen LogP contribution in [0.1, 0.15) is 31.9 Å². The van der Waals surface area contributed by atoms with Crippen LogP contribution in [0.15, 0.2) is 24.3 Å². The summed E-state index contributed by atoms with van der Waals surface area (Å²) in [5.41, 5.74) is 0.568. The molecule has 0 saturated carbocycles. The van der Waals surface area contributed by atoms with Crippen molar-refractivity contribution >= 4 is 17.9 Å². The summed E-state index contributed by atoms with van der Waals surface area (Å²) in [6.45, 7) is 4.38. The van der Waals surface area contributed by atoms with Crippen LogP contribution in [0, 0.1) is 5.92 Å². The van der Waals surface area contributed by atoms with E-state index in [1.807, 2.05) is 6.92 Å². The van der Waals surface area contributed by atoms with E-state index in [4.69, 9.17) is 9.47 Å². The highest BCUT2D eigenvalue weighted by atomic mass is 16.5. The molecule has 1 fully saturated rings. The fourth-order valence-corrected chi connectivity index (χ4v) is 2.81. The topological polar surface area (TPSA) is 105 Å². The van der Waals surface area contributed by atoms with Gasteiger partial charge in [-0.05, 0) is 23.6 Å². The third kappa shape index (κ3) is 4.13. The Morgan fingerprint density at radius 2 is 1.92 bits per heavy atom. The molecule has 2 N–H and O–H groups in total. The van der Waals surface area contributed by atoms with E-state index in [1.54, 1.807) is 38.3 Å². The molecular weight excluding hydrogens is 340 g/mol. The second kappa shape index (κ2) is 8.66. The molecule has 1 aliphatic heterocycles. The standard InChI is InChI=1S/C18H24N2O6/c1-4-11(2)15(17(22)23)20-16(21)14(19-18(20)24)12-5-7-13(8-6-12)26-10-9-25-3/h5-8,11,14-15H,4,9-10H2,1-3H3,(H,19,24)(H,22,23)/t11-,14?,15-/m0/s1. The molecule has 3 amide bonds. The summed E-state index contributed by atoms with van der Waals surface area (Å²) in [5.74, 6) is -1.49. The van der Waals surface area contributed by atoms with Crippen molar-refractivity contribution in [2.75, 3.05) is 20.3 Å². The van der Waals surface area contributed by atoms with Gasteiger partial charge in [-0.15, -0.1) is 0 Å². The van der Waals surface area contributed by atoms with E-state index in [0.29, 0.717) is 30.9 Å². The molecule has 0 bridgehead atoms. The first-order valence-electron chi connectivity index (χ1n) is 8.48. The zero-order valence-electron chi connectivity index (χ0n) is 15.1. The van der Waals surface area contributed by atoms with Gasteiger partial charge < -0.3 is 19.9 Å². The Bertz CT molecular complexity index is 660. The van der Waals surface area contributed by atoms with Crippen molar-refractivity contribution in [2.24, 2.45) is 5.92 Å². The third-order valence-corrected chi connectivity index (χ3v) is 4.45. The molecule has 142 valence electrons. The molecule has 3 atom stereocenters. The van der Waals surface area contributed by atoms with E-state index in [9.17, 15) is 19.5 Å². The maximum Gasteiger partial charge on any atom is 0.327 e. The third-order valence-electron chi connectivity index (χ3n) is 4.45. The van der Waals surface area contributed by atoms with Crippen LogP contribution in [-0.4, -0.2) is 54.3 Å². The van der Waals surface area contributed by atoms with Gasteiger partial charge in [-0.3, -0.25) is 4.79 Å². The second-order valence-corrected chi connectivity index (χ2v) is 6.17. The van der Waals surface area contributed by atoms with Crippen LogP contribution in [-0.2, 0) is 14.3 Å². The van der Waals surface area contributed by atoms with Crippen LogP contribution < -0.4 is 10.1 Å². The fraction of sp³-hybridized carbons (Fsp3) is 0.500. The molecule has 26 heavy (non-hydrogen) atoms. The summed E-state index contributed by atoms with van der Waals surface area (Å²) < 4.78 is 10.4. The molecule has 0 aliphatic carbocycles. The van der Waals surface area contributed by atoms with E-state index < -0.39 is 30.0 Å². The van der Waals surface area contributed by atoms with Crippen molar-refractivity contribution < 1.29 is 29.0 Å². The Morgan fingerprint density at radius 1 is 1.27 bits per heavy atom. The highest BCUT2D eigenvalue weighted by molar-refractivity contribution is 6.07. The highest BCUT2D eigenvalue weighted by Crippen LogP contribution is 2.28. The number of carboxylic acid groups (broad SMARTS) is 1. The summed E-state index contributed by atoms with van der Waals surface area (Å²) in [7, 11) is 1.58. The van der Waals surface area contributed by atoms with Crippen molar-refractivity contribution in [2.45, 2.75) is 32.4 Å². The van der Waals surface area contributed by atoms with Gasteiger partial charge in [0.05, 0.1) is 6.61 Å². The van der Waals surface area contributed by atoms with Crippen LogP contribution in [0.5, 0.6) is 5.75 Å². The Hall–Kier alpha value is -2.61.